The second-order valence-electron chi connectivity index (χ2n) is 3.60. The van der Waals surface area contributed by atoms with E-state index in [1.54, 1.807) is 0 Å². The molecule has 0 unspecified atom stereocenters. The van der Waals surface area contributed by atoms with E-state index in [0.29, 0.717) is 0 Å². The smallest absolute Gasteiger partial charge is 0.227 e. The minimum atomic E-state index is -2.69. The van der Waals surface area contributed by atoms with Gasteiger partial charge in [0, 0.05) is 13.1 Å². The predicted molar refractivity (Wildman–Crippen MR) is 87.0 cm³/mol. The SMILES string of the molecule is CCCCNP(Cl)(=NP(=S)(Cl)Cl)NCCCC. The molecule has 0 aromatic heterocycles. The van der Waals surface area contributed by atoms with Crippen molar-refractivity contribution < 1.29 is 0 Å². The summed E-state index contributed by atoms with van der Waals surface area (Å²) in [5.41, 5.74) is 0. The molecule has 0 heterocycles. The molecule has 104 valence electrons. The van der Waals surface area contributed by atoms with E-state index in [4.69, 9.17) is 45.5 Å². The fraction of sp³-hybridized carbons (Fsp3) is 1.00. The van der Waals surface area contributed by atoms with Crippen LogP contribution in [-0.2, 0) is 11.8 Å². The highest BCUT2D eigenvalue weighted by molar-refractivity contribution is 8.39. The van der Waals surface area contributed by atoms with Crippen molar-refractivity contribution in [2.75, 3.05) is 13.1 Å². The Morgan fingerprint density at radius 3 is 1.71 bits per heavy atom. The molecule has 0 bridgehead atoms. The first kappa shape index (κ1) is 18.7. The number of hydrogen-bond acceptors (Lipinski definition) is 1. The van der Waals surface area contributed by atoms with Crippen molar-refractivity contribution in [3.05, 3.63) is 0 Å². The molecular weight excluding hydrogens is 338 g/mol. The topological polar surface area (TPSA) is 36.4 Å². The highest BCUT2D eigenvalue weighted by Gasteiger charge is 2.19. The van der Waals surface area contributed by atoms with Crippen LogP contribution in [0.4, 0.5) is 0 Å². The third kappa shape index (κ3) is 11.2. The second kappa shape index (κ2) is 9.55. The van der Waals surface area contributed by atoms with Gasteiger partial charge in [-0.15, -0.1) is 0 Å². The van der Waals surface area contributed by atoms with Crippen molar-refractivity contribution in [3.8, 4) is 0 Å². The van der Waals surface area contributed by atoms with E-state index in [1.807, 2.05) is 0 Å². The Kier molecular flexibility index (Phi) is 10.5. The molecule has 0 aliphatic carbocycles. The van der Waals surface area contributed by atoms with Gasteiger partial charge >= 0.3 is 0 Å². The molecule has 0 aliphatic rings. The molecule has 3 nitrogen and oxygen atoms in total. The van der Waals surface area contributed by atoms with Crippen molar-refractivity contribution in [1.82, 2.24) is 10.2 Å². The molecule has 0 saturated heterocycles. The summed E-state index contributed by atoms with van der Waals surface area (Å²) in [4.78, 5) is -2.69. The monoisotopic (exact) mass is 357 g/mol. The van der Waals surface area contributed by atoms with Crippen LogP contribution in [0.15, 0.2) is 4.52 Å². The Balaban J connectivity index is 4.57. The molecule has 0 atom stereocenters. The number of rotatable bonds is 9. The fourth-order valence-corrected chi connectivity index (χ4v) is 8.96. The molecule has 0 spiro atoms. The zero-order valence-electron chi connectivity index (χ0n) is 10.1. The van der Waals surface area contributed by atoms with E-state index in [9.17, 15) is 0 Å². The lowest BCUT2D eigenvalue weighted by Gasteiger charge is -2.21. The Morgan fingerprint density at radius 2 is 1.41 bits per heavy atom. The molecule has 0 aromatic rings. The van der Waals surface area contributed by atoms with Gasteiger partial charge < -0.3 is 0 Å². The van der Waals surface area contributed by atoms with Crippen LogP contribution in [0.5, 0.6) is 0 Å². The van der Waals surface area contributed by atoms with Crippen molar-refractivity contribution in [2.24, 2.45) is 4.52 Å². The predicted octanol–water partition coefficient (Wildman–Crippen LogP) is 5.65. The Morgan fingerprint density at radius 1 is 1.00 bits per heavy atom. The molecule has 0 aromatic carbocycles. The maximum atomic E-state index is 6.41. The molecule has 0 aliphatic heterocycles. The number of hydrogen-bond donors (Lipinski definition) is 2. The van der Waals surface area contributed by atoms with E-state index < -0.39 is 11.6 Å². The minimum Gasteiger partial charge on any atom is -0.259 e. The summed E-state index contributed by atoms with van der Waals surface area (Å²) in [6, 6.07) is 0. The highest BCUT2D eigenvalue weighted by atomic mass is 35.9. The van der Waals surface area contributed by atoms with Gasteiger partial charge in [-0.2, -0.15) is 4.52 Å². The van der Waals surface area contributed by atoms with Crippen molar-refractivity contribution in [2.45, 2.75) is 39.5 Å². The van der Waals surface area contributed by atoms with Crippen molar-refractivity contribution in [1.29, 1.82) is 0 Å². The van der Waals surface area contributed by atoms with Gasteiger partial charge in [0.05, 0.1) is 0 Å². The van der Waals surface area contributed by atoms with Crippen LogP contribution < -0.4 is 10.2 Å². The van der Waals surface area contributed by atoms with Gasteiger partial charge in [0.2, 0.25) is 4.89 Å². The summed E-state index contributed by atoms with van der Waals surface area (Å²) in [7, 11) is 0. The molecule has 0 fully saturated rings. The summed E-state index contributed by atoms with van der Waals surface area (Å²) >= 11 is 23.0. The molecule has 9 heteroatoms. The van der Waals surface area contributed by atoms with Crippen molar-refractivity contribution in [3.63, 3.8) is 0 Å². The van der Waals surface area contributed by atoms with Crippen LogP contribution in [0.1, 0.15) is 39.5 Å². The number of unbranched alkanes of at least 4 members (excludes halogenated alkanes) is 2. The number of nitrogens with one attached hydrogen (secondary N) is 2. The third-order valence-electron chi connectivity index (χ3n) is 1.93. The van der Waals surface area contributed by atoms with E-state index in [1.165, 1.54) is 0 Å². The number of nitrogens with zero attached hydrogens (tertiary/aromatic N) is 1. The van der Waals surface area contributed by atoms with Gasteiger partial charge in [-0.3, -0.25) is 10.2 Å². The average Bonchev–Trinajstić information content (AvgIpc) is 2.15. The average molecular weight is 359 g/mol. The summed E-state index contributed by atoms with van der Waals surface area (Å²) < 4.78 is 4.20. The van der Waals surface area contributed by atoms with Crippen LogP contribution in [0.3, 0.4) is 0 Å². The molecule has 0 rings (SSSR count). The van der Waals surface area contributed by atoms with Crippen molar-refractivity contribution >= 4 is 57.1 Å². The molecule has 0 saturated carbocycles. The maximum absolute atomic E-state index is 6.41. The molecular formula is C8H20Cl3N3P2S. The van der Waals surface area contributed by atoms with Crippen LogP contribution in [0.25, 0.3) is 0 Å². The lowest BCUT2D eigenvalue weighted by atomic mass is 10.3. The fourth-order valence-electron chi connectivity index (χ4n) is 1.07. The van der Waals surface area contributed by atoms with Gasteiger partial charge in [-0.05, 0) is 58.4 Å². The Labute approximate surface area is 124 Å². The first-order chi connectivity index (χ1) is 7.83. The first-order valence-electron chi connectivity index (χ1n) is 5.66. The van der Waals surface area contributed by atoms with Gasteiger partial charge in [-0.25, -0.2) is 0 Å². The summed E-state index contributed by atoms with van der Waals surface area (Å²) in [5.74, 6) is 0. The lowest BCUT2D eigenvalue weighted by Crippen LogP contribution is -2.21. The van der Waals surface area contributed by atoms with E-state index in [-0.39, 0.29) is 0 Å². The summed E-state index contributed by atoms with van der Waals surface area (Å²) in [5, 5.41) is 6.41. The van der Waals surface area contributed by atoms with Gasteiger partial charge in [0.15, 0.2) is 6.71 Å². The zero-order valence-corrected chi connectivity index (χ0v) is 15.0. The van der Waals surface area contributed by atoms with Gasteiger partial charge in [0.25, 0.3) is 0 Å². The quantitative estimate of drug-likeness (QED) is 0.413. The highest BCUT2D eigenvalue weighted by Crippen LogP contribution is 2.67. The first-order valence-corrected chi connectivity index (χ1v) is 12.9. The van der Waals surface area contributed by atoms with E-state index >= 15 is 0 Å². The molecule has 0 amide bonds. The minimum absolute atomic E-state index is 0.791. The zero-order chi connectivity index (χ0) is 13.4. The summed E-state index contributed by atoms with van der Waals surface area (Å²) in [6.07, 6.45) is 4.25. The molecule has 2 N–H and O–H groups in total. The summed E-state index contributed by atoms with van der Waals surface area (Å²) in [6.45, 7) is 3.44. The van der Waals surface area contributed by atoms with Gasteiger partial charge in [-0.1, -0.05) is 26.7 Å². The van der Waals surface area contributed by atoms with E-state index in [0.717, 1.165) is 38.8 Å². The standard InChI is InChI=1S/C8H20Cl3N3P2S/c1-3-5-7-12-16(11,13-8-6-4-2)14-15(9,10)17/h12-13H,3-8H2,1-2H3. The normalized spacial score (nSPS) is 12.8. The largest absolute Gasteiger partial charge is 0.259 e. The van der Waals surface area contributed by atoms with Crippen LogP contribution >= 0.6 is 45.3 Å². The second-order valence-corrected chi connectivity index (χ2v) is 14.6. The van der Waals surface area contributed by atoms with Crippen LogP contribution in [-0.4, -0.2) is 13.1 Å². The van der Waals surface area contributed by atoms with Crippen LogP contribution in [0.2, 0.25) is 0 Å². The van der Waals surface area contributed by atoms with Gasteiger partial charge in [0.1, 0.15) is 0 Å². The number of halogens is 3. The molecule has 0 radical (unpaired) electrons. The van der Waals surface area contributed by atoms with E-state index in [2.05, 4.69) is 28.5 Å². The Hall–Kier alpha value is 1.67. The molecule has 17 heavy (non-hydrogen) atoms. The lowest BCUT2D eigenvalue weighted by molar-refractivity contribution is 0.743. The third-order valence-corrected chi connectivity index (χ3v) is 8.23. The van der Waals surface area contributed by atoms with Crippen LogP contribution in [0, 0.1) is 0 Å². The Bertz CT molecular complexity index is 294. The maximum Gasteiger partial charge on any atom is 0.227 e.